The maximum atomic E-state index is 12.5. The van der Waals surface area contributed by atoms with Gasteiger partial charge in [0.05, 0.1) is 0 Å². The molecule has 0 heterocycles. The molecular formula is C23H32O3. The summed E-state index contributed by atoms with van der Waals surface area (Å²) in [6.07, 6.45) is 9.04. The minimum absolute atomic E-state index is 0.0247. The fourth-order valence-electron chi connectivity index (χ4n) is 7.42. The third kappa shape index (κ3) is 2.28. The molecule has 4 aliphatic carbocycles. The van der Waals surface area contributed by atoms with Gasteiger partial charge in [0.25, 0.3) is 0 Å². The molecule has 0 aromatic rings. The van der Waals surface area contributed by atoms with Crippen LogP contribution in [0.2, 0.25) is 0 Å². The van der Waals surface area contributed by atoms with Crippen LogP contribution in [0.15, 0.2) is 23.3 Å². The summed E-state index contributed by atoms with van der Waals surface area (Å²) in [4.78, 5) is 24.6. The molecule has 3 nitrogen and oxygen atoms in total. The van der Waals surface area contributed by atoms with Crippen molar-refractivity contribution in [2.24, 2.45) is 40.4 Å². The molecule has 2 saturated carbocycles. The molecule has 3 heteroatoms. The molecule has 0 radical (unpaired) electrons. The first-order valence-corrected chi connectivity index (χ1v) is 10.3. The Bertz CT molecular complexity index is 717. The summed E-state index contributed by atoms with van der Waals surface area (Å²) in [5.74, 6) is 2.07. The fraction of sp³-hybridized carbons (Fsp3) is 0.739. The van der Waals surface area contributed by atoms with Gasteiger partial charge in [-0.25, -0.2) is 0 Å². The van der Waals surface area contributed by atoms with Crippen molar-refractivity contribution in [2.45, 2.75) is 59.8 Å². The van der Waals surface area contributed by atoms with Gasteiger partial charge < -0.3 is 5.11 Å². The van der Waals surface area contributed by atoms with E-state index in [4.69, 9.17) is 0 Å². The van der Waals surface area contributed by atoms with Crippen LogP contribution in [0.3, 0.4) is 0 Å². The number of rotatable bonds is 2. The molecule has 0 aliphatic heterocycles. The van der Waals surface area contributed by atoms with Crippen LogP contribution >= 0.6 is 0 Å². The number of Topliss-reactive ketones (excluding diaryl/α,β-unsaturated/α-hetero) is 1. The van der Waals surface area contributed by atoms with Crippen molar-refractivity contribution in [1.29, 1.82) is 0 Å². The number of aliphatic hydroxyl groups is 1. The Hall–Kier alpha value is -1.22. The Balaban J connectivity index is 1.77. The molecule has 0 aromatic heterocycles. The molecule has 7 atom stereocenters. The zero-order valence-electron chi connectivity index (χ0n) is 16.5. The van der Waals surface area contributed by atoms with E-state index in [-0.39, 0.29) is 34.9 Å². The van der Waals surface area contributed by atoms with Crippen LogP contribution < -0.4 is 0 Å². The number of carbonyl (C=O) groups excluding carboxylic acids is 2. The van der Waals surface area contributed by atoms with E-state index in [1.54, 1.807) is 5.57 Å². The molecular weight excluding hydrogens is 324 g/mol. The van der Waals surface area contributed by atoms with Gasteiger partial charge in [-0.3, -0.25) is 9.59 Å². The summed E-state index contributed by atoms with van der Waals surface area (Å²) in [6, 6.07) is 0. The monoisotopic (exact) mass is 356 g/mol. The average molecular weight is 357 g/mol. The quantitative estimate of drug-likeness (QED) is 0.758. The zero-order valence-corrected chi connectivity index (χ0v) is 16.5. The van der Waals surface area contributed by atoms with Gasteiger partial charge >= 0.3 is 0 Å². The topological polar surface area (TPSA) is 54.4 Å². The highest BCUT2D eigenvalue weighted by molar-refractivity contribution is 5.92. The third-order valence-electron chi connectivity index (χ3n) is 8.50. The van der Waals surface area contributed by atoms with Crippen molar-refractivity contribution < 1.29 is 14.7 Å². The Morgan fingerprint density at radius 3 is 2.65 bits per heavy atom. The summed E-state index contributed by atoms with van der Waals surface area (Å²) >= 11 is 0. The first kappa shape index (κ1) is 18.2. The maximum absolute atomic E-state index is 12.5. The standard InChI is InChI=1S/C23H32O3/c1-13-9-16-17(22(3)7-5-15(25)11-18(13)22)6-8-23(4)19(16)10-14(2)21(23)20(26)12-24/h6,11,13-14,16,19,21,24H,5,7-10,12H2,1-4H3/t13-,14+,16?,19?,21?,22+,23-/m0/s1. The van der Waals surface area contributed by atoms with Gasteiger partial charge in [-0.05, 0) is 60.8 Å². The summed E-state index contributed by atoms with van der Waals surface area (Å²) in [5, 5.41) is 9.51. The highest BCUT2D eigenvalue weighted by Gasteiger charge is 2.60. The number of ketones is 2. The van der Waals surface area contributed by atoms with Crippen molar-refractivity contribution in [1.82, 2.24) is 0 Å². The predicted octanol–water partition coefficient (Wildman–Crippen LogP) is 4.11. The minimum atomic E-state index is -0.332. The largest absolute Gasteiger partial charge is 0.389 e. The summed E-state index contributed by atoms with van der Waals surface area (Å²) in [5.41, 5.74) is 2.88. The second kappa shape index (κ2) is 5.89. The van der Waals surface area contributed by atoms with Crippen LogP contribution in [0, 0.1) is 40.4 Å². The van der Waals surface area contributed by atoms with Crippen molar-refractivity contribution in [2.75, 3.05) is 6.61 Å². The molecule has 0 aromatic carbocycles. The maximum Gasteiger partial charge on any atom is 0.162 e. The van der Waals surface area contributed by atoms with E-state index >= 15 is 0 Å². The summed E-state index contributed by atoms with van der Waals surface area (Å²) in [6.45, 7) is 8.77. The van der Waals surface area contributed by atoms with Gasteiger partial charge in [-0.1, -0.05) is 44.9 Å². The van der Waals surface area contributed by atoms with Crippen LogP contribution in [0.5, 0.6) is 0 Å². The second-order valence-electron chi connectivity index (χ2n) is 9.93. The average Bonchev–Trinajstić information content (AvgIpc) is 2.86. The van der Waals surface area contributed by atoms with E-state index < -0.39 is 0 Å². The first-order chi connectivity index (χ1) is 12.2. The highest BCUT2D eigenvalue weighted by atomic mass is 16.3. The number of allylic oxidation sites excluding steroid dienone is 4. The smallest absolute Gasteiger partial charge is 0.162 e. The molecule has 1 N–H and O–H groups in total. The molecule has 0 saturated heterocycles. The van der Waals surface area contributed by atoms with Gasteiger partial charge in [-0.2, -0.15) is 0 Å². The van der Waals surface area contributed by atoms with Crippen molar-refractivity contribution in [3.63, 3.8) is 0 Å². The lowest BCUT2D eigenvalue weighted by Crippen LogP contribution is -2.47. The second-order valence-corrected chi connectivity index (χ2v) is 9.93. The van der Waals surface area contributed by atoms with Crippen LogP contribution in [0.4, 0.5) is 0 Å². The molecule has 2 fully saturated rings. The molecule has 0 spiro atoms. The third-order valence-corrected chi connectivity index (χ3v) is 8.50. The Morgan fingerprint density at radius 1 is 1.23 bits per heavy atom. The van der Waals surface area contributed by atoms with Crippen LogP contribution in [0.25, 0.3) is 0 Å². The highest BCUT2D eigenvalue weighted by Crippen LogP contribution is 2.66. The normalized spacial score (nSPS) is 47.4. The number of fused-ring (bicyclic) bond motifs is 5. The van der Waals surface area contributed by atoms with Crippen LogP contribution in [0.1, 0.15) is 59.8 Å². The molecule has 0 bridgehead atoms. The molecule has 4 aliphatic rings. The van der Waals surface area contributed by atoms with E-state index in [9.17, 15) is 14.7 Å². The number of carbonyl (C=O) groups is 2. The lowest BCUT2D eigenvalue weighted by atomic mass is 9.49. The van der Waals surface area contributed by atoms with E-state index in [0.717, 1.165) is 25.7 Å². The fourth-order valence-corrected chi connectivity index (χ4v) is 7.42. The van der Waals surface area contributed by atoms with Gasteiger partial charge in [0.15, 0.2) is 11.6 Å². The van der Waals surface area contributed by atoms with E-state index in [2.05, 4.69) is 33.8 Å². The van der Waals surface area contributed by atoms with E-state index in [1.165, 1.54) is 5.57 Å². The molecule has 4 rings (SSSR count). The number of aliphatic hydroxyl groups excluding tert-OH is 1. The number of hydrogen-bond donors (Lipinski definition) is 1. The Kier molecular flexibility index (Phi) is 4.11. The summed E-state index contributed by atoms with van der Waals surface area (Å²) in [7, 11) is 0. The number of hydrogen-bond acceptors (Lipinski definition) is 3. The van der Waals surface area contributed by atoms with E-state index in [0.29, 0.717) is 30.1 Å². The van der Waals surface area contributed by atoms with Crippen LogP contribution in [-0.2, 0) is 9.59 Å². The SMILES string of the molecule is C[C@@H]1CC2C3C[C@H](C)C4=CC(=O)CC[C@]4(C)C3=CC[C@]2(C)C1C(=O)CO. The first-order valence-electron chi connectivity index (χ1n) is 10.3. The van der Waals surface area contributed by atoms with E-state index in [1.807, 2.05) is 6.08 Å². The molecule has 3 unspecified atom stereocenters. The Labute approximate surface area is 156 Å². The van der Waals surface area contributed by atoms with Gasteiger partial charge in [0.2, 0.25) is 0 Å². The molecule has 0 amide bonds. The lowest BCUT2D eigenvalue weighted by Gasteiger charge is -2.55. The molecule has 142 valence electrons. The zero-order chi connectivity index (χ0) is 18.9. The van der Waals surface area contributed by atoms with Gasteiger partial charge in [-0.15, -0.1) is 0 Å². The van der Waals surface area contributed by atoms with Gasteiger partial charge in [0, 0.05) is 17.8 Å². The lowest BCUT2D eigenvalue weighted by molar-refractivity contribution is -0.131. The predicted molar refractivity (Wildman–Crippen MR) is 101 cm³/mol. The minimum Gasteiger partial charge on any atom is -0.389 e. The van der Waals surface area contributed by atoms with Gasteiger partial charge in [0.1, 0.15) is 6.61 Å². The van der Waals surface area contributed by atoms with Crippen LogP contribution in [-0.4, -0.2) is 23.3 Å². The van der Waals surface area contributed by atoms with Crippen molar-refractivity contribution in [3.8, 4) is 0 Å². The van der Waals surface area contributed by atoms with Crippen molar-refractivity contribution in [3.05, 3.63) is 23.3 Å². The van der Waals surface area contributed by atoms with Crippen molar-refractivity contribution >= 4 is 11.6 Å². The molecule has 26 heavy (non-hydrogen) atoms. The summed E-state index contributed by atoms with van der Waals surface area (Å²) < 4.78 is 0. The Morgan fingerprint density at radius 2 is 1.96 bits per heavy atom.